The first kappa shape index (κ1) is 20.5. The van der Waals surface area contributed by atoms with Gasteiger partial charge in [0.05, 0.1) is 12.7 Å². The minimum atomic E-state index is -0.215. The highest BCUT2D eigenvalue weighted by atomic mass is 19.1. The second kappa shape index (κ2) is 9.80. The fourth-order valence-electron chi connectivity index (χ4n) is 3.57. The molecule has 5 heteroatoms. The molecule has 1 atom stereocenters. The molecule has 1 amide bonds. The summed E-state index contributed by atoms with van der Waals surface area (Å²) >= 11 is 0. The number of halogens is 1. The van der Waals surface area contributed by atoms with Crippen LogP contribution in [0.4, 0.5) is 4.39 Å². The molecule has 0 aliphatic carbocycles. The van der Waals surface area contributed by atoms with Gasteiger partial charge in [0.15, 0.2) is 0 Å². The largest absolute Gasteiger partial charge is 0.374 e. The van der Waals surface area contributed by atoms with Crippen LogP contribution in [0, 0.1) is 11.7 Å². The van der Waals surface area contributed by atoms with Crippen LogP contribution in [-0.2, 0) is 11.3 Å². The van der Waals surface area contributed by atoms with Crippen molar-refractivity contribution in [3.8, 4) is 0 Å². The van der Waals surface area contributed by atoms with Crippen molar-refractivity contribution < 1.29 is 13.9 Å². The van der Waals surface area contributed by atoms with Crippen LogP contribution in [0.1, 0.15) is 29.8 Å². The zero-order valence-corrected chi connectivity index (χ0v) is 16.7. The van der Waals surface area contributed by atoms with Crippen molar-refractivity contribution in [3.63, 3.8) is 0 Å². The Hall–Kier alpha value is -2.24. The Kier molecular flexibility index (Phi) is 7.18. The maximum absolute atomic E-state index is 13.1. The van der Waals surface area contributed by atoms with Gasteiger partial charge in [-0.3, -0.25) is 9.69 Å². The topological polar surface area (TPSA) is 32.8 Å². The van der Waals surface area contributed by atoms with Gasteiger partial charge in [-0.2, -0.15) is 0 Å². The Morgan fingerprint density at radius 1 is 1.18 bits per heavy atom. The molecule has 2 aromatic rings. The number of hydrogen-bond donors (Lipinski definition) is 0. The summed E-state index contributed by atoms with van der Waals surface area (Å²) in [5, 5.41) is 0. The SMILES string of the molecule is CC(C)CN(C[C@@H]1CN(Cc2ccc(F)cc2)CCO1)C(=O)c1ccccc1. The van der Waals surface area contributed by atoms with Crippen LogP contribution in [0.25, 0.3) is 0 Å². The zero-order chi connectivity index (χ0) is 19.9. The summed E-state index contributed by atoms with van der Waals surface area (Å²) in [5.74, 6) is 0.215. The van der Waals surface area contributed by atoms with E-state index < -0.39 is 0 Å². The second-order valence-corrected chi connectivity index (χ2v) is 7.82. The van der Waals surface area contributed by atoms with Gasteiger partial charge in [-0.25, -0.2) is 4.39 Å². The molecule has 4 nitrogen and oxygen atoms in total. The first-order valence-electron chi connectivity index (χ1n) is 9.94. The summed E-state index contributed by atoms with van der Waals surface area (Å²) in [6, 6.07) is 16.1. The van der Waals surface area contributed by atoms with Crippen molar-refractivity contribution >= 4 is 5.91 Å². The van der Waals surface area contributed by atoms with E-state index in [0.29, 0.717) is 31.2 Å². The standard InChI is InChI=1S/C23H29FN2O2/c1-18(2)14-26(23(27)20-6-4-3-5-7-20)17-22-16-25(12-13-28-22)15-19-8-10-21(24)11-9-19/h3-11,18,22H,12-17H2,1-2H3/t22-/m0/s1. The molecule has 0 spiro atoms. The molecule has 2 aromatic carbocycles. The number of carbonyl (C=O) groups is 1. The van der Waals surface area contributed by atoms with Gasteiger partial charge < -0.3 is 9.64 Å². The molecular weight excluding hydrogens is 355 g/mol. The number of hydrogen-bond acceptors (Lipinski definition) is 3. The highest BCUT2D eigenvalue weighted by Crippen LogP contribution is 2.15. The first-order valence-corrected chi connectivity index (χ1v) is 9.94. The van der Waals surface area contributed by atoms with Crippen LogP contribution in [0.5, 0.6) is 0 Å². The summed E-state index contributed by atoms with van der Waals surface area (Å²) in [5.41, 5.74) is 1.79. The average molecular weight is 384 g/mol. The molecule has 0 N–H and O–H groups in total. The summed E-state index contributed by atoms with van der Waals surface area (Å²) in [6.07, 6.45) is -0.0272. The van der Waals surface area contributed by atoms with Gasteiger partial charge in [0, 0.05) is 38.3 Å². The lowest BCUT2D eigenvalue weighted by Gasteiger charge is -2.36. The number of benzene rings is 2. The molecule has 1 heterocycles. The van der Waals surface area contributed by atoms with Crippen LogP contribution >= 0.6 is 0 Å². The molecule has 1 fully saturated rings. The Morgan fingerprint density at radius 3 is 2.57 bits per heavy atom. The van der Waals surface area contributed by atoms with E-state index in [-0.39, 0.29) is 17.8 Å². The Labute approximate surface area is 166 Å². The van der Waals surface area contributed by atoms with Crippen molar-refractivity contribution in [2.75, 3.05) is 32.8 Å². The minimum Gasteiger partial charge on any atom is -0.374 e. The third-order valence-corrected chi connectivity index (χ3v) is 4.86. The summed E-state index contributed by atoms with van der Waals surface area (Å²) in [4.78, 5) is 17.2. The predicted molar refractivity (Wildman–Crippen MR) is 109 cm³/mol. The van der Waals surface area contributed by atoms with Gasteiger partial charge in [0.2, 0.25) is 0 Å². The number of amides is 1. The van der Waals surface area contributed by atoms with Gasteiger partial charge >= 0.3 is 0 Å². The molecule has 1 saturated heterocycles. The fourth-order valence-corrected chi connectivity index (χ4v) is 3.57. The zero-order valence-electron chi connectivity index (χ0n) is 16.7. The maximum atomic E-state index is 13.1. The normalized spacial score (nSPS) is 17.6. The number of carbonyl (C=O) groups excluding carboxylic acids is 1. The van der Waals surface area contributed by atoms with E-state index in [4.69, 9.17) is 4.74 Å². The maximum Gasteiger partial charge on any atom is 0.253 e. The molecule has 28 heavy (non-hydrogen) atoms. The average Bonchev–Trinajstić information content (AvgIpc) is 2.69. The number of nitrogens with zero attached hydrogens (tertiary/aromatic N) is 2. The predicted octanol–water partition coefficient (Wildman–Crippen LogP) is 3.82. The van der Waals surface area contributed by atoms with Crippen LogP contribution in [0.3, 0.4) is 0 Å². The monoisotopic (exact) mass is 384 g/mol. The number of morpholine rings is 1. The molecule has 0 radical (unpaired) electrons. The Balaban J connectivity index is 1.63. The quantitative estimate of drug-likeness (QED) is 0.727. The van der Waals surface area contributed by atoms with Crippen molar-refractivity contribution in [3.05, 3.63) is 71.5 Å². The van der Waals surface area contributed by atoms with E-state index in [1.165, 1.54) is 12.1 Å². The van der Waals surface area contributed by atoms with E-state index in [1.54, 1.807) is 0 Å². The molecular formula is C23H29FN2O2. The lowest BCUT2D eigenvalue weighted by Crippen LogP contribution is -2.49. The van der Waals surface area contributed by atoms with Gasteiger partial charge in [0.1, 0.15) is 5.82 Å². The van der Waals surface area contributed by atoms with E-state index in [1.807, 2.05) is 47.4 Å². The Morgan fingerprint density at radius 2 is 1.89 bits per heavy atom. The van der Waals surface area contributed by atoms with Gasteiger partial charge in [-0.05, 0) is 35.7 Å². The third-order valence-electron chi connectivity index (χ3n) is 4.86. The molecule has 0 saturated carbocycles. The molecule has 3 rings (SSSR count). The summed E-state index contributed by atoms with van der Waals surface area (Å²) in [6.45, 7) is 8.51. The highest BCUT2D eigenvalue weighted by molar-refractivity contribution is 5.94. The van der Waals surface area contributed by atoms with Crippen molar-refractivity contribution in [2.24, 2.45) is 5.92 Å². The van der Waals surface area contributed by atoms with Gasteiger partial charge in [0.25, 0.3) is 5.91 Å². The molecule has 1 aliphatic heterocycles. The lowest BCUT2D eigenvalue weighted by atomic mass is 10.1. The fraction of sp³-hybridized carbons (Fsp3) is 0.435. The number of ether oxygens (including phenoxy) is 1. The second-order valence-electron chi connectivity index (χ2n) is 7.82. The van der Waals surface area contributed by atoms with Crippen LogP contribution in [0.15, 0.2) is 54.6 Å². The smallest absolute Gasteiger partial charge is 0.253 e. The summed E-state index contributed by atoms with van der Waals surface area (Å²) < 4.78 is 19.1. The first-order chi connectivity index (χ1) is 13.5. The van der Waals surface area contributed by atoms with Crippen LogP contribution in [-0.4, -0.2) is 54.6 Å². The van der Waals surface area contributed by atoms with Crippen LogP contribution < -0.4 is 0 Å². The van der Waals surface area contributed by atoms with E-state index in [9.17, 15) is 9.18 Å². The molecule has 0 unspecified atom stereocenters. The highest BCUT2D eigenvalue weighted by Gasteiger charge is 2.26. The molecule has 0 bridgehead atoms. The van der Waals surface area contributed by atoms with Crippen molar-refractivity contribution in [2.45, 2.75) is 26.5 Å². The van der Waals surface area contributed by atoms with E-state index >= 15 is 0 Å². The van der Waals surface area contributed by atoms with Crippen LogP contribution in [0.2, 0.25) is 0 Å². The lowest BCUT2D eigenvalue weighted by molar-refractivity contribution is -0.0438. The third kappa shape index (κ3) is 5.88. The molecule has 1 aliphatic rings. The van der Waals surface area contributed by atoms with Crippen molar-refractivity contribution in [1.82, 2.24) is 9.80 Å². The molecule has 0 aromatic heterocycles. The van der Waals surface area contributed by atoms with Crippen molar-refractivity contribution in [1.29, 1.82) is 0 Å². The Bertz CT molecular complexity index is 749. The van der Waals surface area contributed by atoms with E-state index in [0.717, 1.165) is 25.2 Å². The minimum absolute atomic E-state index is 0.0272. The van der Waals surface area contributed by atoms with E-state index in [2.05, 4.69) is 18.7 Å². The molecule has 150 valence electrons. The number of rotatable bonds is 7. The summed E-state index contributed by atoms with van der Waals surface area (Å²) in [7, 11) is 0. The van der Waals surface area contributed by atoms with Gasteiger partial charge in [-0.15, -0.1) is 0 Å². The van der Waals surface area contributed by atoms with Gasteiger partial charge in [-0.1, -0.05) is 44.2 Å².